The average molecular weight is 404 g/mol. The van der Waals surface area contributed by atoms with Gasteiger partial charge in [-0.2, -0.15) is 18.8 Å². The van der Waals surface area contributed by atoms with Crippen molar-refractivity contribution >= 4 is 38.2 Å². The highest BCUT2D eigenvalue weighted by atomic mass is 32.3. The molecule has 0 atom stereocenters. The van der Waals surface area contributed by atoms with Gasteiger partial charge in [0.2, 0.25) is 10.6 Å². The fraction of sp³-hybridized carbons (Fsp3) is 0. The number of rotatable bonds is 3. The van der Waals surface area contributed by atoms with Gasteiger partial charge in [-0.3, -0.25) is 14.9 Å². The van der Waals surface area contributed by atoms with Gasteiger partial charge in [-0.05, 0) is 29.9 Å². The van der Waals surface area contributed by atoms with Crippen molar-refractivity contribution in [2.45, 2.75) is 0 Å². The summed E-state index contributed by atoms with van der Waals surface area (Å²) in [5.74, 6) is -1.56. The van der Waals surface area contributed by atoms with E-state index in [0.29, 0.717) is 5.57 Å². The highest BCUT2D eigenvalue weighted by Crippen LogP contribution is 2.37. The maximum atomic E-state index is 12.2. The average Bonchev–Trinajstić information content (AvgIpc) is 2.61. The van der Waals surface area contributed by atoms with Gasteiger partial charge in [0, 0.05) is 29.2 Å². The number of nitro benzene ring substituents is 1. The van der Waals surface area contributed by atoms with Crippen molar-refractivity contribution in [3.63, 3.8) is 0 Å². The number of hydrogen-bond donors (Lipinski definition) is 4. The summed E-state index contributed by atoms with van der Waals surface area (Å²) in [5, 5.41) is 30.4. The van der Waals surface area contributed by atoms with Gasteiger partial charge in [-0.1, -0.05) is 6.08 Å². The number of carbonyl (C=O) groups is 1. The molecule has 0 saturated carbocycles. The monoisotopic (exact) mass is 404 g/mol. The van der Waals surface area contributed by atoms with Crippen LogP contribution in [0.2, 0.25) is 0 Å². The zero-order valence-corrected chi connectivity index (χ0v) is 14.7. The van der Waals surface area contributed by atoms with Crippen LogP contribution in [0.4, 0.5) is 17.1 Å². The Morgan fingerprint density at radius 2 is 1.79 bits per heavy atom. The van der Waals surface area contributed by atoms with E-state index < -0.39 is 38.3 Å². The molecule has 12 heteroatoms. The van der Waals surface area contributed by atoms with Crippen LogP contribution in [0.3, 0.4) is 0 Å². The summed E-state index contributed by atoms with van der Waals surface area (Å²) >= 11 is 0. The molecule has 0 spiro atoms. The lowest BCUT2D eigenvalue weighted by Crippen LogP contribution is -2.19. The molecule has 1 aromatic rings. The second-order valence-electron chi connectivity index (χ2n) is 5.66. The molecule has 2 aliphatic rings. The van der Waals surface area contributed by atoms with Gasteiger partial charge in [0.15, 0.2) is 0 Å². The molecule has 0 unspecified atom stereocenters. The van der Waals surface area contributed by atoms with Gasteiger partial charge in [0.05, 0.1) is 10.6 Å². The Hall–Kier alpha value is -3.45. The standard InChI is InChI=1S/C16H12N4O7S/c17-9-6-12(16(22)13(7-9)20(23)24)18-19-15-11-3-2-10(28(25,26)27)5-8(11)1-4-14(15)21/h1-7H,(H5-,17,18,19,21,22,25,26,27). The first-order valence-electron chi connectivity index (χ1n) is 7.49. The third kappa shape index (κ3) is 3.65. The van der Waals surface area contributed by atoms with Crippen molar-refractivity contribution in [1.29, 1.82) is 0 Å². The van der Waals surface area contributed by atoms with Gasteiger partial charge < -0.3 is 10.8 Å². The Labute approximate surface area is 158 Å². The molecule has 0 radical (unpaired) electrons. The Morgan fingerprint density at radius 3 is 2.43 bits per heavy atom. The molecule has 0 saturated heterocycles. The van der Waals surface area contributed by atoms with Crippen LogP contribution in [-0.2, 0) is 15.3 Å². The van der Waals surface area contributed by atoms with Crippen LogP contribution in [0.5, 0.6) is 5.75 Å². The van der Waals surface area contributed by atoms with Crippen molar-refractivity contribution in [2.75, 3.05) is 5.73 Å². The van der Waals surface area contributed by atoms with Crippen molar-refractivity contribution in [1.82, 2.24) is 0 Å². The normalized spacial score (nSPS) is 16.6. The quantitative estimate of drug-likeness (QED) is 0.146. The molecule has 144 valence electrons. The fourth-order valence-electron chi connectivity index (χ4n) is 2.48. The van der Waals surface area contributed by atoms with Crippen molar-refractivity contribution in [2.24, 2.45) is 10.2 Å². The Kier molecular flexibility index (Phi) is 4.79. The van der Waals surface area contributed by atoms with Gasteiger partial charge >= 0.3 is 0 Å². The van der Waals surface area contributed by atoms with Gasteiger partial charge in [-0.25, -0.2) is 0 Å². The summed E-state index contributed by atoms with van der Waals surface area (Å²) in [6.07, 6.45) is 6.30. The van der Waals surface area contributed by atoms with Crippen LogP contribution < -0.4 is 10.8 Å². The van der Waals surface area contributed by atoms with E-state index in [2.05, 4.69) is 10.2 Å². The number of nitrogens with zero attached hydrogens (tertiary/aromatic N) is 3. The number of hydrogen-bond acceptors (Lipinski definition) is 10. The lowest BCUT2D eigenvalue weighted by Gasteiger charge is -2.15. The van der Waals surface area contributed by atoms with Crippen LogP contribution in [-0.4, -0.2) is 29.2 Å². The minimum absolute atomic E-state index is 0.0710. The van der Waals surface area contributed by atoms with Crippen LogP contribution in [0.1, 0.15) is 0 Å². The summed E-state index contributed by atoms with van der Waals surface area (Å²) < 4.78 is 28.0. The smallest absolute Gasteiger partial charge is 0.283 e. The van der Waals surface area contributed by atoms with E-state index in [-0.39, 0.29) is 21.8 Å². The lowest BCUT2D eigenvalue weighted by molar-refractivity contribution is -0.397. The van der Waals surface area contributed by atoms with E-state index >= 15 is 0 Å². The maximum absolute atomic E-state index is 12.2. The SMILES string of the molecule is Nc1cc(N=NC2=C3C=CC(=[S+](O)(O)O)C=C3C=CC2=O)c([O-])c([N+](=O)[O-])c1. The van der Waals surface area contributed by atoms with Crippen LogP contribution in [0.25, 0.3) is 0 Å². The number of azo groups is 1. The number of nitrogens with two attached hydrogens (primary N) is 1. The Bertz CT molecular complexity index is 1110. The van der Waals surface area contributed by atoms with Gasteiger partial charge in [-0.15, -0.1) is 5.11 Å². The van der Waals surface area contributed by atoms with Crippen LogP contribution >= 0.6 is 0 Å². The molecule has 0 heterocycles. The summed E-state index contributed by atoms with van der Waals surface area (Å²) in [7, 11) is -3.95. The largest absolute Gasteiger partial charge is 0.866 e. The molecule has 0 fully saturated rings. The van der Waals surface area contributed by atoms with E-state index in [1.165, 1.54) is 24.3 Å². The minimum atomic E-state index is -3.95. The zero-order valence-electron chi connectivity index (χ0n) is 13.8. The molecule has 0 aromatic heterocycles. The molecule has 0 bridgehead atoms. The molecule has 11 nitrogen and oxygen atoms in total. The molecule has 2 aliphatic carbocycles. The molecular weight excluding hydrogens is 392 g/mol. The third-order valence-electron chi connectivity index (χ3n) is 3.77. The highest BCUT2D eigenvalue weighted by Gasteiger charge is 2.26. The Morgan fingerprint density at radius 1 is 1.07 bits per heavy atom. The first kappa shape index (κ1) is 19.3. The summed E-state index contributed by atoms with van der Waals surface area (Å²) in [5.41, 5.74) is 4.71. The predicted octanol–water partition coefficient (Wildman–Crippen LogP) is 1.97. The summed E-state index contributed by atoms with van der Waals surface area (Å²) in [6.45, 7) is 0. The molecule has 1 aromatic carbocycles. The molecule has 28 heavy (non-hydrogen) atoms. The molecule has 0 aliphatic heterocycles. The predicted molar refractivity (Wildman–Crippen MR) is 100 cm³/mol. The number of nitrogen functional groups attached to an aromatic ring is 1. The molecule has 5 N–H and O–H groups in total. The van der Waals surface area contributed by atoms with Crippen molar-refractivity contribution in [3.8, 4) is 5.75 Å². The highest BCUT2D eigenvalue weighted by molar-refractivity contribution is 7.98. The maximum Gasteiger partial charge on any atom is 0.283 e. The first-order chi connectivity index (χ1) is 13.1. The number of fused-ring (bicyclic) bond motifs is 1. The van der Waals surface area contributed by atoms with Crippen molar-refractivity contribution < 1.29 is 28.5 Å². The first-order valence-corrected chi connectivity index (χ1v) is 8.99. The number of anilines is 1. The third-order valence-corrected chi connectivity index (χ3v) is 4.65. The summed E-state index contributed by atoms with van der Waals surface area (Å²) in [4.78, 5) is 22.0. The van der Waals surface area contributed by atoms with E-state index in [0.717, 1.165) is 18.2 Å². The second-order valence-corrected chi connectivity index (χ2v) is 7.17. The molecule has 0 amide bonds. The number of benzene rings is 1. The van der Waals surface area contributed by atoms with Crippen LogP contribution in [0, 0.1) is 10.1 Å². The molecule has 3 rings (SSSR count). The van der Waals surface area contributed by atoms with Crippen molar-refractivity contribution in [3.05, 3.63) is 69.5 Å². The van der Waals surface area contributed by atoms with E-state index in [1.54, 1.807) is 0 Å². The Balaban J connectivity index is 2.08. The lowest BCUT2D eigenvalue weighted by atomic mass is 9.92. The van der Waals surface area contributed by atoms with Gasteiger partial charge in [0.1, 0.15) is 5.70 Å². The van der Waals surface area contributed by atoms with E-state index in [4.69, 9.17) is 5.73 Å². The summed E-state index contributed by atoms with van der Waals surface area (Å²) in [6, 6.07) is 1.99. The zero-order chi connectivity index (χ0) is 20.6. The minimum Gasteiger partial charge on any atom is -0.866 e. The second kappa shape index (κ2) is 6.94. The number of carbonyl (C=O) groups excluding carboxylic acids is 1. The van der Waals surface area contributed by atoms with E-state index in [1.807, 2.05) is 0 Å². The number of ketones is 1. The number of allylic oxidation sites excluding steroid dienone is 7. The van der Waals surface area contributed by atoms with Crippen LogP contribution in [0.15, 0.2) is 69.6 Å². The molecular formula is C16H12N4O7S. The van der Waals surface area contributed by atoms with Gasteiger partial charge in [0.25, 0.3) is 16.1 Å². The fourth-order valence-corrected chi connectivity index (χ4v) is 3.01. The topological polar surface area (TPSA) is 195 Å². The number of nitro groups is 1. The van der Waals surface area contributed by atoms with E-state index in [9.17, 15) is 33.7 Å².